The Bertz CT molecular complexity index is 203. The number of fused-ring (bicyclic) bond motifs is 1. The molecule has 1 atom stereocenters. The first-order valence-corrected chi connectivity index (χ1v) is 7.96. The summed E-state index contributed by atoms with van der Waals surface area (Å²) < 4.78 is 0. The summed E-state index contributed by atoms with van der Waals surface area (Å²) in [5, 5.41) is 0.670. The highest BCUT2D eigenvalue weighted by Crippen LogP contribution is 2.63. The second kappa shape index (κ2) is 5.80. The van der Waals surface area contributed by atoms with E-state index in [1.165, 1.54) is 38.5 Å². The van der Waals surface area contributed by atoms with Crippen LogP contribution in [-0.4, -0.2) is 5.25 Å². The van der Waals surface area contributed by atoms with Gasteiger partial charge < -0.3 is 0 Å². The maximum Gasteiger partial charge on any atom is 0.00167 e. The van der Waals surface area contributed by atoms with E-state index in [0.717, 1.165) is 11.3 Å². The molecule has 0 amide bonds. The molecule has 0 nitrogen and oxygen atoms in total. The van der Waals surface area contributed by atoms with Crippen molar-refractivity contribution < 1.29 is 0 Å². The minimum absolute atomic E-state index is 0.670. The van der Waals surface area contributed by atoms with E-state index in [9.17, 15) is 0 Å². The van der Waals surface area contributed by atoms with Gasteiger partial charge in [0.25, 0.3) is 0 Å². The van der Waals surface area contributed by atoms with Gasteiger partial charge in [-0.25, -0.2) is 0 Å². The van der Waals surface area contributed by atoms with Gasteiger partial charge in [-0.3, -0.25) is 0 Å². The van der Waals surface area contributed by atoms with Crippen LogP contribution in [0, 0.1) is 11.3 Å². The van der Waals surface area contributed by atoms with Crippen molar-refractivity contribution in [2.24, 2.45) is 11.3 Å². The largest absolute Gasteiger partial charge is 0.176 e. The Morgan fingerprint density at radius 3 is 2.38 bits per heavy atom. The van der Waals surface area contributed by atoms with E-state index < -0.39 is 0 Å². The molecule has 2 fully saturated rings. The van der Waals surface area contributed by atoms with Gasteiger partial charge >= 0.3 is 0 Å². The van der Waals surface area contributed by atoms with E-state index in [2.05, 4.69) is 19.6 Å². The fourth-order valence-corrected chi connectivity index (χ4v) is 4.19. The van der Waals surface area contributed by atoms with Crippen LogP contribution in [0.2, 0.25) is 0 Å². The topological polar surface area (TPSA) is 0 Å². The lowest BCUT2D eigenvalue weighted by Gasteiger charge is -2.59. The third-order valence-corrected chi connectivity index (χ3v) is 5.70. The molecule has 0 radical (unpaired) electrons. The van der Waals surface area contributed by atoms with Crippen molar-refractivity contribution in [3.05, 3.63) is 0 Å². The van der Waals surface area contributed by atoms with E-state index in [-0.39, 0.29) is 0 Å². The predicted molar refractivity (Wildman–Crippen MR) is 75.2 cm³/mol. The van der Waals surface area contributed by atoms with Crippen molar-refractivity contribution in [1.29, 1.82) is 0 Å². The molecule has 0 N–H and O–H groups in total. The highest BCUT2D eigenvalue weighted by molar-refractivity contribution is 7.80. The molecular weight excluding hydrogens is 212 g/mol. The molecule has 94 valence electrons. The lowest BCUT2D eigenvalue weighted by molar-refractivity contribution is -0.0826. The third kappa shape index (κ3) is 2.78. The van der Waals surface area contributed by atoms with Crippen molar-refractivity contribution in [1.82, 2.24) is 0 Å². The summed E-state index contributed by atoms with van der Waals surface area (Å²) in [6.45, 7) is 2.26. The molecule has 0 bridgehead atoms. The van der Waals surface area contributed by atoms with Gasteiger partial charge in [0, 0.05) is 5.25 Å². The smallest absolute Gasteiger partial charge is 0.00167 e. The zero-order chi connectivity index (χ0) is 11.4. The molecule has 2 aliphatic rings. The number of thiol groups is 1. The fraction of sp³-hybridized carbons (Fsp3) is 1.00. The minimum Gasteiger partial charge on any atom is -0.176 e. The summed E-state index contributed by atoms with van der Waals surface area (Å²) in [5.74, 6) is 1.16. The molecule has 0 saturated heterocycles. The minimum atomic E-state index is 0.670. The molecule has 0 aromatic heterocycles. The lowest BCUT2D eigenvalue weighted by Crippen LogP contribution is -2.48. The van der Waals surface area contributed by atoms with Gasteiger partial charge in [0.15, 0.2) is 0 Å². The summed E-state index contributed by atoms with van der Waals surface area (Å²) in [5.41, 5.74) is 0.879. The van der Waals surface area contributed by atoms with Crippen molar-refractivity contribution in [3.8, 4) is 0 Å². The van der Waals surface area contributed by atoms with E-state index >= 15 is 0 Å². The van der Waals surface area contributed by atoms with Gasteiger partial charge in [0.2, 0.25) is 0 Å². The van der Waals surface area contributed by atoms with Crippen LogP contribution in [0.15, 0.2) is 0 Å². The molecule has 0 aromatic rings. The second-order valence-corrected chi connectivity index (χ2v) is 6.91. The van der Waals surface area contributed by atoms with Gasteiger partial charge in [-0.1, -0.05) is 32.6 Å². The van der Waals surface area contributed by atoms with Gasteiger partial charge in [0.05, 0.1) is 0 Å². The zero-order valence-electron chi connectivity index (χ0n) is 10.9. The van der Waals surface area contributed by atoms with Crippen LogP contribution in [0.4, 0.5) is 0 Å². The van der Waals surface area contributed by atoms with Crippen LogP contribution in [0.3, 0.4) is 0 Å². The van der Waals surface area contributed by atoms with Crippen molar-refractivity contribution >= 4 is 12.6 Å². The monoisotopic (exact) mass is 240 g/mol. The van der Waals surface area contributed by atoms with Crippen LogP contribution < -0.4 is 0 Å². The summed E-state index contributed by atoms with van der Waals surface area (Å²) in [6, 6.07) is 0. The first-order chi connectivity index (χ1) is 7.77. The second-order valence-electron chi connectivity index (χ2n) is 6.18. The standard InChI is InChI=1S/C15H28S/c1-2-6-14(16)7-4-3-5-10-15-11-8-13(15)9-12-15/h13-14,16H,2-12H2,1H3. The van der Waals surface area contributed by atoms with Gasteiger partial charge in [-0.15, -0.1) is 0 Å². The average molecular weight is 240 g/mol. The maximum absolute atomic E-state index is 4.62. The Labute approximate surface area is 107 Å². The zero-order valence-corrected chi connectivity index (χ0v) is 11.8. The first kappa shape index (κ1) is 12.8. The quantitative estimate of drug-likeness (QED) is 0.436. The summed E-state index contributed by atoms with van der Waals surface area (Å²) in [7, 11) is 0. The molecule has 0 aromatic carbocycles. The number of rotatable bonds is 8. The van der Waals surface area contributed by atoms with E-state index in [0.29, 0.717) is 5.25 Å². The Kier molecular flexibility index (Phi) is 4.64. The van der Waals surface area contributed by atoms with Gasteiger partial charge in [-0.2, -0.15) is 12.6 Å². The highest BCUT2D eigenvalue weighted by atomic mass is 32.1. The van der Waals surface area contributed by atoms with Crippen LogP contribution >= 0.6 is 12.6 Å². The molecular formula is C15H28S. The predicted octanol–water partition coefficient (Wildman–Crippen LogP) is 5.23. The molecule has 1 heteroatoms. The highest BCUT2D eigenvalue weighted by Gasteiger charge is 2.52. The van der Waals surface area contributed by atoms with Gasteiger partial charge in [0.1, 0.15) is 0 Å². The molecule has 0 heterocycles. The third-order valence-electron chi connectivity index (χ3n) is 5.18. The Morgan fingerprint density at radius 2 is 1.88 bits per heavy atom. The summed E-state index contributed by atoms with van der Waals surface area (Å²) >= 11 is 4.62. The molecule has 0 spiro atoms. The van der Waals surface area contributed by atoms with Crippen molar-refractivity contribution in [3.63, 3.8) is 0 Å². The van der Waals surface area contributed by atoms with Crippen LogP contribution in [0.1, 0.15) is 77.6 Å². The fourth-order valence-electron chi connectivity index (χ4n) is 3.75. The van der Waals surface area contributed by atoms with Crippen LogP contribution in [-0.2, 0) is 0 Å². The summed E-state index contributed by atoms with van der Waals surface area (Å²) in [4.78, 5) is 0. The van der Waals surface area contributed by atoms with E-state index in [1.807, 2.05) is 0 Å². The van der Waals surface area contributed by atoms with Crippen LogP contribution in [0.25, 0.3) is 0 Å². The Morgan fingerprint density at radius 1 is 1.12 bits per heavy atom. The molecule has 16 heavy (non-hydrogen) atoms. The van der Waals surface area contributed by atoms with Crippen molar-refractivity contribution in [2.75, 3.05) is 0 Å². The summed E-state index contributed by atoms with van der Waals surface area (Å²) in [6.07, 6.45) is 16.0. The van der Waals surface area contributed by atoms with Crippen molar-refractivity contribution in [2.45, 2.75) is 82.8 Å². The first-order valence-electron chi connectivity index (χ1n) is 7.45. The Balaban J connectivity index is 1.46. The maximum atomic E-state index is 4.62. The molecule has 2 rings (SSSR count). The molecule has 0 aliphatic heterocycles. The molecule has 2 saturated carbocycles. The normalized spacial score (nSPS) is 33.8. The molecule has 2 aliphatic carbocycles. The van der Waals surface area contributed by atoms with E-state index in [4.69, 9.17) is 0 Å². The lowest BCUT2D eigenvalue weighted by atomic mass is 9.46. The Hall–Kier alpha value is 0.350. The van der Waals surface area contributed by atoms with E-state index in [1.54, 1.807) is 32.1 Å². The number of hydrogen-bond acceptors (Lipinski definition) is 1. The molecule has 1 unspecified atom stereocenters. The number of unbranched alkanes of at least 4 members (excludes halogenated alkanes) is 2. The number of hydrogen-bond donors (Lipinski definition) is 1. The SMILES string of the molecule is CCCC(S)CCCCCC12CCC1CC2. The van der Waals surface area contributed by atoms with Gasteiger partial charge in [-0.05, 0) is 56.3 Å². The average Bonchev–Trinajstić information content (AvgIpc) is 2.26. The van der Waals surface area contributed by atoms with Crippen LogP contribution in [0.5, 0.6) is 0 Å².